The van der Waals surface area contributed by atoms with E-state index in [9.17, 15) is 18.0 Å². The van der Waals surface area contributed by atoms with Gasteiger partial charge in [-0.05, 0) is 88.5 Å². The van der Waals surface area contributed by atoms with E-state index in [1.807, 2.05) is 25.1 Å². The van der Waals surface area contributed by atoms with Crippen LogP contribution >= 0.6 is 0 Å². The number of unbranched alkanes of at least 4 members (excludes halogenated alkanes) is 1. The number of sulfonamides is 1. The highest BCUT2D eigenvalue weighted by Crippen LogP contribution is 2.40. The van der Waals surface area contributed by atoms with Gasteiger partial charge in [0.05, 0.1) is 24.6 Å². The van der Waals surface area contributed by atoms with Crippen molar-refractivity contribution >= 4 is 33.5 Å². The Bertz CT molecular complexity index is 1920. The summed E-state index contributed by atoms with van der Waals surface area (Å²) in [6.07, 6.45) is 5.30. The normalized spacial score (nSPS) is 20.3. The minimum Gasteiger partial charge on any atom is -0.377 e. The molecule has 274 valence electrons. The van der Waals surface area contributed by atoms with Crippen LogP contribution in [0.5, 0.6) is 0 Å². The van der Waals surface area contributed by atoms with Crippen molar-refractivity contribution in [3.8, 4) is 11.1 Å². The van der Waals surface area contributed by atoms with E-state index >= 15 is 4.39 Å². The number of halogens is 1. The number of likely N-dealkylation sites (tertiary alicyclic amines) is 1. The van der Waals surface area contributed by atoms with Crippen LogP contribution in [0.25, 0.3) is 11.1 Å². The smallest absolute Gasteiger partial charge is 0.263 e. The van der Waals surface area contributed by atoms with Crippen molar-refractivity contribution in [3.05, 3.63) is 64.9 Å². The Morgan fingerprint density at radius 3 is 2.53 bits per heavy atom. The topological polar surface area (TPSA) is 134 Å². The number of rotatable bonds is 13. The maximum atomic E-state index is 15.6. The largest absolute Gasteiger partial charge is 0.377 e. The van der Waals surface area contributed by atoms with Crippen LogP contribution in [0.2, 0.25) is 0 Å². The Morgan fingerprint density at radius 2 is 1.82 bits per heavy atom. The highest BCUT2D eigenvalue weighted by Gasteiger charge is 2.53. The molecule has 1 saturated carbocycles. The summed E-state index contributed by atoms with van der Waals surface area (Å²) in [5.41, 5.74) is 0.386. The zero-order valence-electron chi connectivity index (χ0n) is 30.0. The average molecular weight is 722 g/mol. The molecule has 6 rings (SSSR count). The van der Waals surface area contributed by atoms with Gasteiger partial charge in [0.15, 0.2) is 17.0 Å². The Morgan fingerprint density at radius 1 is 1.06 bits per heavy atom. The van der Waals surface area contributed by atoms with Crippen LogP contribution in [-0.2, 0) is 37.5 Å². The molecule has 0 bridgehead atoms. The van der Waals surface area contributed by atoms with E-state index in [0.29, 0.717) is 73.5 Å². The highest BCUT2D eigenvalue weighted by molar-refractivity contribution is 7.92. The lowest BCUT2D eigenvalue weighted by molar-refractivity contribution is -0.148. The van der Waals surface area contributed by atoms with Crippen LogP contribution in [0.3, 0.4) is 0 Å². The van der Waals surface area contributed by atoms with Gasteiger partial charge in [0.2, 0.25) is 0 Å². The molecule has 1 aliphatic carbocycles. The Kier molecular flexibility index (Phi) is 10.7. The molecule has 0 unspecified atom stereocenters. The second kappa shape index (κ2) is 14.9. The van der Waals surface area contributed by atoms with Crippen LogP contribution in [0.15, 0.2) is 56.9 Å². The van der Waals surface area contributed by atoms with Gasteiger partial charge < -0.3 is 14.2 Å². The third kappa shape index (κ3) is 7.32. The Hall–Kier alpha value is -4.10. The van der Waals surface area contributed by atoms with Gasteiger partial charge in [-0.1, -0.05) is 54.9 Å². The first-order valence-electron chi connectivity index (χ1n) is 18.0. The molecule has 1 saturated heterocycles. The van der Waals surface area contributed by atoms with Crippen molar-refractivity contribution in [2.24, 2.45) is 4.99 Å². The fourth-order valence-corrected chi connectivity index (χ4v) is 8.74. The second-order valence-corrected chi connectivity index (χ2v) is 15.7. The van der Waals surface area contributed by atoms with Gasteiger partial charge in [-0.15, -0.1) is 0 Å². The van der Waals surface area contributed by atoms with Gasteiger partial charge in [-0.2, -0.15) is 0 Å². The van der Waals surface area contributed by atoms with Gasteiger partial charge in [0, 0.05) is 30.7 Å². The lowest BCUT2D eigenvalue weighted by atomic mass is 9.87. The van der Waals surface area contributed by atoms with Gasteiger partial charge in [0.1, 0.15) is 11.6 Å². The summed E-state index contributed by atoms with van der Waals surface area (Å²) in [5, 5.41) is 3.88. The van der Waals surface area contributed by atoms with E-state index in [-0.39, 0.29) is 49.2 Å². The highest BCUT2D eigenvalue weighted by atomic mass is 32.2. The summed E-state index contributed by atoms with van der Waals surface area (Å²) in [4.78, 5) is 36.1. The van der Waals surface area contributed by atoms with Crippen LogP contribution < -0.4 is 4.72 Å². The maximum absolute atomic E-state index is 15.6. The number of amides is 2. The molecule has 2 amide bonds. The lowest BCUT2D eigenvalue weighted by Gasteiger charge is -2.39. The number of ether oxygens (including phenoxy) is 1. The number of nitrogens with zero attached hydrogens (tertiary/aromatic N) is 4. The molecule has 1 spiro atoms. The Labute approximate surface area is 299 Å². The minimum atomic E-state index is -4.06. The molecule has 3 aromatic rings. The third-order valence-electron chi connectivity index (χ3n) is 10.4. The summed E-state index contributed by atoms with van der Waals surface area (Å²) in [5.74, 6) is 0.669. The summed E-state index contributed by atoms with van der Waals surface area (Å²) in [6, 6.07) is 12.5. The number of hydrogen-bond acceptors (Lipinski definition) is 8. The number of aromatic nitrogens is 1. The van der Waals surface area contributed by atoms with Crippen molar-refractivity contribution in [2.45, 2.75) is 115 Å². The first-order valence-corrected chi connectivity index (χ1v) is 19.5. The number of hydrogen-bond donors (Lipinski definition) is 1. The molecule has 2 aromatic carbocycles. The van der Waals surface area contributed by atoms with E-state index in [4.69, 9.17) is 14.3 Å². The van der Waals surface area contributed by atoms with Crippen molar-refractivity contribution < 1.29 is 31.7 Å². The van der Waals surface area contributed by atoms with Gasteiger partial charge in [-0.25, -0.2) is 12.8 Å². The van der Waals surface area contributed by atoms with Crippen LogP contribution in [0, 0.1) is 13.8 Å². The van der Waals surface area contributed by atoms with Crippen LogP contribution in [-0.4, -0.2) is 71.9 Å². The SMILES string of the molecule is CCCCC1=N[C@]2(CCCN(C(=O)C3(F)CCCC3)C2)C(=O)N1Cc1ccc(-c2ccccc2S(=O)(=O)Nc2noc(C)c2C)c(COCC)c1. The molecule has 0 radical (unpaired) electrons. The molecule has 3 aliphatic rings. The van der Waals surface area contributed by atoms with E-state index in [0.717, 1.165) is 24.0 Å². The fraction of sp³-hybridized carbons (Fsp3) is 0.526. The van der Waals surface area contributed by atoms with E-state index in [1.165, 1.54) is 4.90 Å². The molecule has 11 nitrogen and oxygen atoms in total. The first-order chi connectivity index (χ1) is 24.4. The summed E-state index contributed by atoms with van der Waals surface area (Å²) in [6.45, 7) is 8.85. The molecule has 1 N–H and O–H groups in total. The number of carbonyl (C=O) groups is 2. The molecule has 13 heteroatoms. The van der Waals surface area contributed by atoms with Crippen molar-refractivity contribution in [1.29, 1.82) is 0 Å². The minimum absolute atomic E-state index is 0.0743. The summed E-state index contributed by atoms with van der Waals surface area (Å²) in [7, 11) is -4.06. The average Bonchev–Trinajstić information content (AvgIpc) is 3.78. The molecule has 1 aromatic heterocycles. The lowest BCUT2D eigenvalue weighted by Crippen LogP contribution is -2.57. The third-order valence-corrected chi connectivity index (χ3v) is 11.8. The zero-order valence-corrected chi connectivity index (χ0v) is 30.8. The van der Waals surface area contributed by atoms with Gasteiger partial charge in [0.25, 0.3) is 21.8 Å². The number of aryl methyl sites for hydroxylation is 1. The fourth-order valence-electron chi connectivity index (χ4n) is 7.46. The Balaban J connectivity index is 1.30. The monoisotopic (exact) mass is 721 g/mol. The van der Waals surface area contributed by atoms with Crippen molar-refractivity contribution in [1.82, 2.24) is 15.0 Å². The van der Waals surface area contributed by atoms with Gasteiger partial charge >= 0.3 is 0 Å². The quantitative estimate of drug-likeness (QED) is 0.204. The molecular weight excluding hydrogens is 674 g/mol. The van der Waals surface area contributed by atoms with Crippen molar-refractivity contribution in [3.63, 3.8) is 0 Å². The predicted molar refractivity (Wildman–Crippen MR) is 192 cm³/mol. The maximum Gasteiger partial charge on any atom is 0.263 e. The summed E-state index contributed by atoms with van der Waals surface area (Å²) >= 11 is 0. The number of amidine groups is 1. The molecule has 3 heterocycles. The molecule has 1 atom stereocenters. The van der Waals surface area contributed by atoms with E-state index in [1.54, 1.807) is 43.0 Å². The van der Waals surface area contributed by atoms with Gasteiger partial charge in [-0.3, -0.25) is 24.2 Å². The predicted octanol–water partition coefficient (Wildman–Crippen LogP) is 6.87. The second-order valence-electron chi connectivity index (χ2n) is 14.0. The first kappa shape index (κ1) is 36.7. The standard InChI is InChI=1S/C38H48FN5O6S/c1-5-7-15-33-40-38(20-12-21-43(25-38)35(45)37(39)18-10-11-19-37)36(46)44(33)23-28-16-17-30(29(22-28)24-49-6-2)31-13-8-9-14-32(31)51(47,48)42-34-26(3)27(4)50-41-34/h8-9,13-14,16-17,22H,5-7,10-12,15,18-21,23-25H2,1-4H3,(H,41,42)/t38-/m0/s1. The van der Waals surface area contributed by atoms with Crippen LogP contribution in [0.4, 0.5) is 10.2 Å². The summed E-state index contributed by atoms with van der Waals surface area (Å²) < 4.78 is 56.6. The molecule has 51 heavy (non-hydrogen) atoms. The molecular formula is C38H48FN5O6S. The van der Waals surface area contributed by atoms with Crippen LogP contribution in [0.1, 0.15) is 94.1 Å². The van der Waals surface area contributed by atoms with E-state index < -0.39 is 27.1 Å². The number of piperidine rings is 1. The number of benzene rings is 2. The zero-order chi connectivity index (χ0) is 36.4. The van der Waals surface area contributed by atoms with Crippen molar-refractivity contribution in [2.75, 3.05) is 24.4 Å². The number of anilines is 1. The number of carbonyl (C=O) groups excluding carboxylic acids is 2. The molecule has 2 aliphatic heterocycles. The molecule has 2 fully saturated rings. The van der Waals surface area contributed by atoms with E-state index in [2.05, 4.69) is 16.8 Å². The number of alkyl halides is 1. The number of aliphatic imine (C=N–C) groups is 1. The number of nitrogens with one attached hydrogen (secondary N) is 1.